The second-order valence-electron chi connectivity index (χ2n) is 7.10. The molecule has 0 aliphatic carbocycles. The molecule has 2 heterocycles. The minimum Gasteiger partial charge on any atom is -0.503 e. The van der Waals surface area contributed by atoms with Gasteiger partial charge in [-0.1, -0.05) is 32.0 Å². The summed E-state index contributed by atoms with van der Waals surface area (Å²) in [4.78, 5) is 30.6. The molecule has 152 valence electrons. The van der Waals surface area contributed by atoms with Gasteiger partial charge in [0.2, 0.25) is 0 Å². The van der Waals surface area contributed by atoms with Crippen molar-refractivity contribution < 1.29 is 27.9 Å². The topological polar surface area (TPSA) is 70.5 Å². The van der Waals surface area contributed by atoms with Crippen LogP contribution < -0.4 is 0 Å². The largest absolute Gasteiger partial charge is 0.503 e. The monoisotopic (exact) mass is 404 g/mol. The summed E-state index contributed by atoms with van der Waals surface area (Å²) in [5.74, 6) is -2.37. The van der Waals surface area contributed by atoms with E-state index in [2.05, 4.69) is 4.98 Å². The number of amides is 1. The minimum atomic E-state index is -4.52. The van der Waals surface area contributed by atoms with Gasteiger partial charge >= 0.3 is 6.18 Å². The van der Waals surface area contributed by atoms with Gasteiger partial charge in [-0.15, -0.1) is 0 Å². The Labute approximate surface area is 165 Å². The van der Waals surface area contributed by atoms with E-state index in [-0.39, 0.29) is 17.7 Å². The molecule has 29 heavy (non-hydrogen) atoms. The number of aliphatic hydroxyl groups excluding tert-OH is 1. The number of nitrogens with zero attached hydrogens (tertiary/aromatic N) is 2. The molecule has 1 atom stereocenters. The second-order valence-corrected chi connectivity index (χ2v) is 7.10. The van der Waals surface area contributed by atoms with E-state index in [0.717, 1.165) is 12.1 Å². The van der Waals surface area contributed by atoms with E-state index in [9.17, 15) is 27.9 Å². The number of aromatic nitrogens is 1. The molecule has 0 saturated carbocycles. The van der Waals surface area contributed by atoms with Crippen LogP contribution in [-0.4, -0.2) is 26.7 Å². The summed E-state index contributed by atoms with van der Waals surface area (Å²) in [5, 5.41) is 10.4. The van der Waals surface area contributed by atoms with Crippen molar-refractivity contribution in [2.45, 2.75) is 32.6 Å². The van der Waals surface area contributed by atoms with Crippen molar-refractivity contribution in [3.63, 3.8) is 0 Å². The molecule has 1 aromatic heterocycles. The Kier molecular flexibility index (Phi) is 5.46. The van der Waals surface area contributed by atoms with E-state index in [1.807, 2.05) is 0 Å². The summed E-state index contributed by atoms with van der Waals surface area (Å²) in [6.07, 6.45) is -1.54. The van der Waals surface area contributed by atoms with Crippen molar-refractivity contribution in [2.75, 3.05) is 0 Å². The Morgan fingerprint density at radius 1 is 1.24 bits per heavy atom. The lowest BCUT2D eigenvalue weighted by atomic mass is 9.92. The average molecular weight is 404 g/mol. The first-order valence-corrected chi connectivity index (χ1v) is 8.95. The predicted molar refractivity (Wildman–Crippen MR) is 98.5 cm³/mol. The van der Waals surface area contributed by atoms with Gasteiger partial charge in [-0.2, -0.15) is 13.2 Å². The predicted octanol–water partition coefficient (Wildman–Crippen LogP) is 4.22. The van der Waals surface area contributed by atoms with Gasteiger partial charge in [0.05, 0.1) is 17.2 Å². The maximum atomic E-state index is 13.0. The molecule has 1 unspecified atom stereocenters. The second kappa shape index (κ2) is 7.69. The van der Waals surface area contributed by atoms with E-state index in [1.165, 1.54) is 29.4 Å². The van der Waals surface area contributed by atoms with Crippen LogP contribution in [0.15, 0.2) is 60.1 Å². The van der Waals surface area contributed by atoms with Crippen molar-refractivity contribution in [1.29, 1.82) is 0 Å². The number of hydrogen-bond donors (Lipinski definition) is 1. The van der Waals surface area contributed by atoms with Crippen molar-refractivity contribution in [1.82, 2.24) is 9.88 Å². The molecular formula is C21H19F3N2O3. The highest BCUT2D eigenvalue weighted by Crippen LogP contribution is 2.40. The summed E-state index contributed by atoms with van der Waals surface area (Å²) >= 11 is 0. The molecule has 8 heteroatoms. The van der Waals surface area contributed by atoms with Gasteiger partial charge in [0, 0.05) is 24.9 Å². The maximum Gasteiger partial charge on any atom is 0.416 e. The Bertz CT molecular complexity index is 969. The van der Waals surface area contributed by atoms with E-state index in [1.54, 1.807) is 26.0 Å². The normalized spacial score (nSPS) is 17.4. The number of benzene rings is 1. The molecule has 0 saturated heterocycles. The molecule has 0 bridgehead atoms. The highest BCUT2D eigenvalue weighted by Gasteiger charge is 2.44. The van der Waals surface area contributed by atoms with Crippen LogP contribution in [0.25, 0.3) is 0 Å². The fourth-order valence-electron chi connectivity index (χ4n) is 3.31. The molecule has 3 rings (SSSR count). The van der Waals surface area contributed by atoms with Crippen LogP contribution in [0.5, 0.6) is 0 Å². The zero-order valence-corrected chi connectivity index (χ0v) is 15.8. The third-order valence-electron chi connectivity index (χ3n) is 4.70. The van der Waals surface area contributed by atoms with Crippen LogP contribution in [0.3, 0.4) is 0 Å². The number of rotatable bonds is 5. The zero-order chi connectivity index (χ0) is 21.3. The van der Waals surface area contributed by atoms with Gasteiger partial charge in [0.1, 0.15) is 0 Å². The quantitative estimate of drug-likeness (QED) is 0.810. The van der Waals surface area contributed by atoms with E-state index in [4.69, 9.17) is 0 Å². The van der Waals surface area contributed by atoms with Crippen LogP contribution in [0, 0.1) is 5.92 Å². The van der Waals surface area contributed by atoms with Crippen LogP contribution >= 0.6 is 0 Å². The zero-order valence-electron chi connectivity index (χ0n) is 15.8. The van der Waals surface area contributed by atoms with Crippen molar-refractivity contribution in [3.05, 3.63) is 76.8 Å². The van der Waals surface area contributed by atoms with Crippen LogP contribution in [0.1, 0.15) is 36.6 Å². The lowest BCUT2D eigenvalue weighted by Crippen LogP contribution is -2.31. The van der Waals surface area contributed by atoms with E-state index < -0.39 is 41.1 Å². The number of halogens is 3. The van der Waals surface area contributed by atoms with Gasteiger partial charge in [-0.3, -0.25) is 14.6 Å². The van der Waals surface area contributed by atoms with Gasteiger partial charge < -0.3 is 10.0 Å². The van der Waals surface area contributed by atoms with Crippen LogP contribution in [0.2, 0.25) is 0 Å². The van der Waals surface area contributed by atoms with Crippen LogP contribution in [-0.2, 0) is 22.3 Å². The number of carbonyl (C=O) groups excluding carboxylic acids is 2. The number of ketones is 1. The molecule has 1 amide bonds. The molecule has 1 aliphatic heterocycles. The molecule has 0 fully saturated rings. The molecule has 1 aliphatic rings. The molecule has 0 radical (unpaired) electrons. The first-order valence-electron chi connectivity index (χ1n) is 8.95. The van der Waals surface area contributed by atoms with Gasteiger partial charge in [-0.25, -0.2) is 0 Å². The number of pyridine rings is 1. The lowest BCUT2D eigenvalue weighted by Gasteiger charge is -2.27. The lowest BCUT2D eigenvalue weighted by molar-refractivity contribution is -0.137. The summed E-state index contributed by atoms with van der Waals surface area (Å²) in [5.41, 5.74) is -0.186. The fourth-order valence-corrected chi connectivity index (χ4v) is 3.31. The molecule has 1 aromatic carbocycles. The smallest absolute Gasteiger partial charge is 0.416 e. The van der Waals surface area contributed by atoms with Crippen molar-refractivity contribution >= 4 is 11.7 Å². The Morgan fingerprint density at radius 2 is 1.97 bits per heavy atom. The van der Waals surface area contributed by atoms with Gasteiger partial charge in [0.15, 0.2) is 11.5 Å². The van der Waals surface area contributed by atoms with Gasteiger partial charge in [-0.05, 0) is 29.3 Å². The van der Waals surface area contributed by atoms with Gasteiger partial charge in [0.25, 0.3) is 5.91 Å². The summed E-state index contributed by atoms with van der Waals surface area (Å²) in [6, 6.07) is 6.95. The minimum absolute atomic E-state index is 0.0648. The Balaban J connectivity index is 2.04. The molecule has 1 N–H and O–H groups in total. The molecule has 5 nitrogen and oxygen atoms in total. The number of Topliss-reactive ketones (excluding diaryl/α,β-unsaturated/α-hetero) is 1. The number of aliphatic hydroxyl groups is 1. The first kappa shape index (κ1) is 20.6. The van der Waals surface area contributed by atoms with Crippen molar-refractivity contribution in [3.8, 4) is 0 Å². The summed E-state index contributed by atoms with van der Waals surface area (Å²) in [6.45, 7) is 3.08. The Morgan fingerprint density at radius 3 is 2.55 bits per heavy atom. The Hall–Kier alpha value is -3.16. The number of hydrogen-bond acceptors (Lipinski definition) is 4. The van der Waals surface area contributed by atoms with E-state index in [0.29, 0.717) is 5.56 Å². The average Bonchev–Trinajstić information content (AvgIpc) is 2.92. The molecule has 2 aromatic rings. The maximum absolute atomic E-state index is 13.0. The van der Waals surface area contributed by atoms with Crippen LogP contribution in [0.4, 0.5) is 13.2 Å². The molecular weight excluding hydrogens is 385 g/mol. The standard InChI is InChI=1S/C21H19F3N2O3/c1-12(2)18(27)16-17(14-6-4-8-25-10-14)26(20(29)19(16)28)11-13-5-3-7-15(9-13)21(22,23)24/h3-10,12,17,28H,11H2,1-2H3. The SMILES string of the molecule is CC(C)C(=O)C1=C(O)C(=O)N(Cc2cccc(C(F)(F)F)c2)C1c1cccnc1. The number of carbonyl (C=O) groups is 2. The molecule has 0 spiro atoms. The third kappa shape index (κ3) is 4.01. The van der Waals surface area contributed by atoms with Crippen molar-refractivity contribution in [2.24, 2.45) is 5.92 Å². The summed E-state index contributed by atoms with van der Waals surface area (Å²) in [7, 11) is 0. The number of alkyl halides is 3. The fraction of sp³-hybridized carbons (Fsp3) is 0.286. The first-order chi connectivity index (χ1) is 13.6. The highest BCUT2D eigenvalue weighted by molar-refractivity contribution is 6.09. The third-order valence-corrected chi connectivity index (χ3v) is 4.70. The highest BCUT2D eigenvalue weighted by atomic mass is 19.4. The van der Waals surface area contributed by atoms with E-state index >= 15 is 0 Å². The summed E-state index contributed by atoms with van der Waals surface area (Å²) < 4.78 is 39.1.